The van der Waals surface area contributed by atoms with Crippen LogP contribution in [-0.2, 0) is 53.9 Å². The predicted molar refractivity (Wildman–Crippen MR) is 436 cm³/mol. The zero-order valence-electron chi connectivity index (χ0n) is 64.8. The van der Waals surface area contributed by atoms with Crippen molar-refractivity contribution in [2.45, 2.75) is 109 Å². The van der Waals surface area contributed by atoms with Gasteiger partial charge in [0.15, 0.2) is 36.1 Å². The van der Waals surface area contributed by atoms with E-state index in [0.717, 1.165) is 158 Å². The zero-order chi connectivity index (χ0) is 76.5. The van der Waals surface area contributed by atoms with Crippen LogP contribution in [0.15, 0.2) is 212 Å². The Hall–Kier alpha value is -12.5. The van der Waals surface area contributed by atoms with E-state index >= 15 is 0 Å². The SMILES string of the molecule is Cc1cc2c(cc1-c1cccc[n+]1C)oc1ccc(C#N)c(CC(C)C)c12.Cc1cc2oc3c(C#N)ccc(CC(C)C)c3c2cc1-c1cccc[n+]1C.[C-]#[N+]c1c(-c2cccc[n+]2C)c(C)cc2c1oc1cccc(CC(C)C)c12.[C-]#[N+]c1cc(CC(C)C)c2c(c1)oc1cc(-c3cccc[n+]3C)c(C)cc12. The molecule has 536 valence electrons. The predicted octanol–water partition coefficient (Wildman–Crippen LogP) is 23.2. The number of benzene rings is 8. The van der Waals surface area contributed by atoms with E-state index in [1.165, 1.54) is 38.9 Å². The molecule has 0 unspecified atom stereocenters. The molecule has 108 heavy (non-hydrogen) atoms. The Morgan fingerprint density at radius 2 is 0.806 bits per heavy atom. The molecule has 0 N–H and O–H groups in total. The fraction of sp³-hybridized carbons (Fsp3) is 0.250. The van der Waals surface area contributed by atoms with E-state index in [9.17, 15) is 10.5 Å². The molecule has 12 heteroatoms. The van der Waals surface area contributed by atoms with Gasteiger partial charge < -0.3 is 17.7 Å². The molecule has 0 amide bonds. The molecule has 8 aromatic carbocycles. The van der Waals surface area contributed by atoms with Crippen LogP contribution in [0.3, 0.4) is 0 Å². The van der Waals surface area contributed by atoms with Gasteiger partial charge in [0.1, 0.15) is 73.3 Å². The third-order valence-corrected chi connectivity index (χ3v) is 20.5. The molecule has 0 saturated carbocycles. The van der Waals surface area contributed by atoms with Gasteiger partial charge in [-0.1, -0.05) is 79.7 Å². The minimum Gasteiger partial charge on any atom is -0.467 e. The molecular weight excluding hydrogens is 1330 g/mol. The van der Waals surface area contributed by atoms with Gasteiger partial charge >= 0.3 is 0 Å². The number of aryl methyl sites for hydroxylation is 8. The van der Waals surface area contributed by atoms with Crippen molar-refractivity contribution in [3.8, 4) is 57.2 Å². The van der Waals surface area contributed by atoms with Crippen LogP contribution in [0.5, 0.6) is 0 Å². The zero-order valence-corrected chi connectivity index (χ0v) is 64.8. The number of furan rings is 4. The lowest BCUT2D eigenvalue weighted by Crippen LogP contribution is -2.30. The van der Waals surface area contributed by atoms with Crippen molar-refractivity contribution in [3.63, 3.8) is 0 Å². The molecule has 16 aromatic rings. The quantitative estimate of drug-likeness (QED) is 0.0886. The van der Waals surface area contributed by atoms with Crippen molar-refractivity contribution in [1.29, 1.82) is 10.5 Å². The molecule has 0 fully saturated rings. The Kier molecular flexibility index (Phi) is 21.1. The third-order valence-electron chi connectivity index (χ3n) is 20.5. The minimum absolute atomic E-state index is 0.469. The van der Waals surface area contributed by atoms with Crippen molar-refractivity contribution in [2.24, 2.45) is 51.9 Å². The van der Waals surface area contributed by atoms with E-state index in [1.54, 1.807) is 0 Å². The Morgan fingerprint density at radius 3 is 1.33 bits per heavy atom. The maximum Gasteiger partial charge on any atom is 0.243 e. The van der Waals surface area contributed by atoms with Crippen LogP contribution < -0.4 is 18.3 Å². The van der Waals surface area contributed by atoms with E-state index in [1.807, 2.05) is 86.0 Å². The fourth-order valence-electron chi connectivity index (χ4n) is 15.6. The van der Waals surface area contributed by atoms with Crippen molar-refractivity contribution in [3.05, 3.63) is 273 Å². The Balaban J connectivity index is 0.000000127. The smallest absolute Gasteiger partial charge is 0.243 e. The summed E-state index contributed by atoms with van der Waals surface area (Å²) in [5.41, 5.74) is 27.5. The highest BCUT2D eigenvalue weighted by atomic mass is 16.3. The van der Waals surface area contributed by atoms with E-state index in [0.29, 0.717) is 51.8 Å². The monoisotopic (exact) mass is 1420 g/mol. The molecule has 0 bridgehead atoms. The van der Waals surface area contributed by atoms with Crippen molar-refractivity contribution in [1.82, 2.24) is 0 Å². The highest BCUT2D eigenvalue weighted by Crippen LogP contribution is 2.46. The summed E-state index contributed by atoms with van der Waals surface area (Å²) >= 11 is 0. The van der Waals surface area contributed by atoms with Gasteiger partial charge in [-0.05, 0) is 219 Å². The highest BCUT2D eigenvalue weighted by Gasteiger charge is 2.27. The van der Waals surface area contributed by atoms with E-state index in [-0.39, 0.29) is 0 Å². The van der Waals surface area contributed by atoms with Crippen LogP contribution in [0.1, 0.15) is 111 Å². The van der Waals surface area contributed by atoms with Crippen LogP contribution in [0.4, 0.5) is 11.4 Å². The van der Waals surface area contributed by atoms with E-state index < -0.39 is 0 Å². The number of fused-ring (bicyclic) bond motifs is 12. The van der Waals surface area contributed by atoms with Crippen LogP contribution in [0, 0.1) is 87.2 Å². The summed E-state index contributed by atoms with van der Waals surface area (Å²) in [7, 11) is 8.18. The summed E-state index contributed by atoms with van der Waals surface area (Å²) in [6.45, 7) is 41.4. The van der Waals surface area contributed by atoms with Gasteiger partial charge in [-0.25, -0.2) is 28.0 Å². The lowest BCUT2D eigenvalue weighted by molar-refractivity contribution is -0.660. The lowest BCUT2D eigenvalue weighted by atomic mass is 9.93. The summed E-state index contributed by atoms with van der Waals surface area (Å²) in [6.07, 6.45) is 11.9. The van der Waals surface area contributed by atoms with Crippen LogP contribution in [0.2, 0.25) is 0 Å². The maximum atomic E-state index is 9.59. The molecule has 16 rings (SSSR count). The first-order valence-corrected chi connectivity index (χ1v) is 37.3. The van der Waals surface area contributed by atoms with Crippen molar-refractivity contribution < 1.29 is 35.9 Å². The average molecular weight is 1420 g/mol. The number of aromatic nitrogens is 4. The summed E-state index contributed by atoms with van der Waals surface area (Å²) < 4.78 is 33.3. The summed E-state index contributed by atoms with van der Waals surface area (Å²) in [5.74, 6) is 2.08. The molecule has 0 radical (unpaired) electrons. The Labute approximate surface area is 632 Å². The Bertz CT molecular complexity index is 6330. The first kappa shape index (κ1) is 73.8. The number of hydrogen-bond acceptors (Lipinski definition) is 6. The maximum absolute atomic E-state index is 9.59. The third kappa shape index (κ3) is 14.4. The van der Waals surface area contributed by atoms with Gasteiger partial charge in [0.25, 0.3) is 0 Å². The number of hydrogen-bond donors (Lipinski definition) is 0. The molecule has 8 aromatic heterocycles. The van der Waals surface area contributed by atoms with Gasteiger partial charge in [0.05, 0.1) is 47.0 Å². The number of nitrogens with zero attached hydrogens (tertiary/aromatic N) is 8. The largest absolute Gasteiger partial charge is 0.467 e. The fourth-order valence-corrected chi connectivity index (χ4v) is 15.6. The Morgan fingerprint density at radius 1 is 0.361 bits per heavy atom. The van der Waals surface area contributed by atoms with Crippen molar-refractivity contribution >= 4 is 99.1 Å². The second-order valence-corrected chi connectivity index (χ2v) is 30.5. The summed E-state index contributed by atoms with van der Waals surface area (Å²) in [4.78, 5) is 7.55. The number of nitriles is 2. The molecule has 0 aliphatic heterocycles. The molecule has 12 nitrogen and oxygen atoms in total. The van der Waals surface area contributed by atoms with Gasteiger partial charge in [-0.15, -0.1) is 0 Å². The van der Waals surface area contributed by atoms with E-state index in [4.69, 9.17) is 30.8 Å². The molecular formula is C96H92N8O4+4. The first-order chi connectivity index (χ1) is 52.0. The first-order valence-electron chi connectivity index (χ1n) is 37.3. The molecule has 0 aliphatic rings. The van der Waals surface area contributed by atoms with E-state index in [2.05, 4.69) is 260 Å². The second kappa shape index (κ2) is 30.9. The van der Waals surface area contributed by atoms with Crippen LogP contribution in [-0.4, -0.2) is 0 Å². The molecule has 0 saturated heterocycles. The van der Waals surface area contributed by atoms with Crippen LogP contribution in [0.25, 0.3) is 142 Å². The normalized spacial score (nSPS) is 11.4. The number of pyridine rings is 4. The van der Waals surface area contributed by atoms with Gasteiger partial charge in [0, 0.05) is 97.2 Å². The standard InChI is InChI=1S/4C24H23N2O/c1-15(2)13-17-9-8-11-20-22(17)18-14-16(3)21(23(25-4)24(18)27-20)19-10-6-7-12-26(19)5;1-15(2)10-17-12-18(25-4)13-23-24(17)20-11-16(3)19(14-22(20)27-23)21-8-6-7-9-26(21)5;1-15(2)11-19-17(14-25)8-9-22-24(19)20-12-16(3)18(13-23(20)27-22)21-7-5-6-10-26(21)4;1-15(2)11-17-8-9-18(14-25)24-23(17)20-13-19(16(3)12-22(20)27-24)21-7-5-6-10-26(21)4/h6-12,14-15H,13H2,1-3,5H3;6-9,11-15H,10H2,1-3,5H3;2*5-10,12-13,15H,11H2,1-4H3/q4*+1. The van der Waals surface area contributed by atoms with Crippen LogP contribution >= 0.6 is 0 Å². The molecule has 0 spiro atoms. The summed E-state index contributed by atoms with van der Waals surface area (Å²) in [5, 5.41) is 28.0. The lowest BCUT2D eigenvalue weighted by Gasteiger charge is -2.09. The minimum atomic E-state index is 0.469. The summed E-state index contributed by atoms with van der Waals surface area (Å²) in [6, 6.07) is 62.4. The average Bonchev–Trinajstić information content (AvgIpc) is 1.57. The second-order valence-electron chi connectivity index (χ2n) is 30.5. The molecule has 0 atom stereocenters. The molecule has 8 heterocycles. The highest BCUT2D eigenvalue weighted by molar-refractivity contribution is 6.15. The van der Waals surface area contributed by atoms with Crippen molar-refractivity contribution in [2.75, 3.05) is 0 Å². The van der Waals surface area contributed by atoms with Gasteiger partial charge in [-0.3, -0.25) is 0 Å². The van der Waals surface area contributed by atoms with Gasteiger partial charge in [-0.2, -0.15) is 10.5 Å². The topological polar surface area (TPSA) is 124 Å². The molecule has 0 aliphatic carbocycles. The number of rotatable bonds is 12. The van der Waals surface area contributed by atoms with Gasteiger partial charge in [0.2, 0.25) is 28.5 Å².